The van der Waals surface area contributed by atoms with Crippen LogP contribution in [0.4, 0.5) is 5.82 Å². The smallest absolute Gasteiger partial charge is 0.254 e. The fourth-order valence-corrected chi connectivity index (χ4v) is 2.06. The molecule has 104 valence electrons. The number of hydrogen-bond acceptors (Lipinski definition) is 5. The number of hydrogen-bond donors (Lipinski definition) is 2. The monoisotopic (exact) mass is 262 g/mol. The van der Waals surface area contributed by atoms with Crippen LogP contribution in [0.3, 0.4) is 0 Å². The van der Waals surface area contributed by atoms with Gasteiger partial charge >= 0.3 is 0 Å². The van der Waals surface area contributed by atoms with Gasteiger partial charge in [0.2, 0.25) is 0 Å². The summed E-state index contributed by atoms with van der Waals surface area (Å²) in [6.45, 7) is 8.04. The van der Waals surface area contributed by atoms with E-state index in [0.29, 0.717) is 5.78 Å². The van der Waals surface area contributed by atoms with Crippen LogP contribution in [0.15, 0.2) is 12.4 Å². The topological polar surface area (TPSA) is 81.1 Å². The Balaban J connectivity index is 2.11. The average molecular weight is 262 g/mol. The molecular formula is C13H22N6. The molecule has 2 rings (SSSR count). The van der Waals surface area contributed by atoms with E-state index in [2.05, 4.69) is 34.2 Å². The third kappa shape index (κ3) is 3.41. The zero-order valence-corrected chi connectivity index (χ0v) is 11.8. The van der Waals surface area contributed by atoms with Gasteiger partial charge in [-0.15, -0.1) is 0 Å². The molecule has 2 aromatic heterocycles. The zero-order valence-electron chi connectivity index (χ0n) is 11.8. The Morgan fingerprint density at radius 3 is 2.95 bits per heavy atom. The van der Waals surface area contributed by atoms with Gasteiger partial charge in [-0.1, -0.05) is 13.8 Å². The number of rotatable bonds is 6. The summed E-state index contributed by atoms with van der Waals surface area (Å²) in [5.41, 5.74) is 6.70. The molecule has 3 N–H and O–H groups in total. The number of fused-ring (bicyclic) bond motifs is 1. The van der Waals surface area contributed by atoms with Gasteiger partial charge in [0, 0.05) is 18.3 Å². The van der Waals surface area contributed by atoms with E-state index in [4.69, 9.17) is 5.73 Å². The first kappa shape index (κ1) is 13.7. The molecule has 0 saturated heterocycles. The van der Waals surface area contributed by atoms with Gasteiger partial charge in [0.25, 0.3) is 5.78 Å². The molecule has 6 heteroatoms. The summed E-state index contributed by atoms with van der Waals surface area (Å²) in [7, 11) is 0. The molecule has 0 aromatic carbocycles. The van der Waals surface area contributed by atoms with Crippen LogP contribution in [0, 0.1) is 12.3 Å². The van der Waals surface area contributed by atoms with E-state index in [9.17, 15) is 0 Å². The summed E-state index contributed by atoms with van der Waals surface area (Å²) >= 11 is 0. The van der Waals surface area contributed by atoms with Crippen molar-refractivity contribution >= 4 is 11.6 Å². The van der Waals surface area contributed by atoms with Gasteiger partial charge < -0.3 is 11.1 Å². The molecule has 0 fully saturated rings. The lowest BCUT2D eigenvalue weighted by Gasteiger charge is -2.25. The molecule has 0 unspecified atom stereocenters. The highest BCUT2D eigenvalue weighted by Crippen LogP contribution is 2.23. The molecular weight excluding hydrogens is 240 g/mol. The van der Waals surface area contributed by atoms with Crippen molar-refractivity contribution in [2.24, 2.45) is 11.1 Å². The lowest BCUT2D eigenvalue weighted by molar-refractivity contribution is 0.349. The standard InChI is InChI=1S/C13H22N6/c1-10-7-11(19-12(18-10)16-9-17-19)15-8-13(2,3)5-4-6-14/h7,9,15H,4-6,8,14H2,1-3H3. The molecule has 19 heavy (non-hydrogen) atoms. The van der Waals surface area contributed by atoms with Crippen LogP contribution in [-0.4, -0.2) is 32.7 Å². The van der Waals surface area contributed by atoms with Crippen molar-refractivity contribution < 1.29 is 0 Å². The molecule has 6 nitrogen and oxygen atoms in total. The number of aryl methyl sites for hydroxylation is 1. The van der Waals surface area contributed by atoms with Crippen molar-refractivity contribution in [2.45, 2.75) is 33.6 Å². The minimum absolute atomic E-state index is 0.198. The van der Waals surface area contributed by atoms with Crippen LogP contribution < -0.4 is 11.1 Å². The largest absolute Gasteiger partial charge is 0.369 e. The Morgan fingerprint density at radius 2 is 2.21 bits per heavy atom. The number of nitrogens with two attached hydrogens (primary N) is 1. The van der Waals surface area contributed by atoms with Crippen molar-refractivity contribution in [1.29, 1.82) is 0 Å². The minimum Gasteiger partial charge on any atom is -0.369 e. The molecule has 0 spiro atoms. The normalized spacial score (nSPS) is 12.0. The molecule has 0 atom stereocenters. The summed E-state index contributed by atoms with van der Waals surface area (Å²) in [5.74, 6) is 1.56. The molecule has 0 bridgehead atoms. The Morgan fingerprint density at radius 1 is 1.42 bits per heavy atom. The van der Waals surface area contributed by atoms with Crippen LogP contribution in [-0.2, 0) is 0 Å². The maximum Gasteiger partial charge on any atom is 0.254 e. The Labute approximate surface area is 113 Å². The maximum absolute atomic E-state index is 5.57. The third-order valence-electron chi connectivity index (χ3n) is 3.19. The summed E-state index contributed by atoms with van der Waals surface area (Å²) in [5, 5.41) is 7.63. The predicted molar refractivity (Wildman–Crippen MR) is 76.1 cm³/mol. The first-order valence-electron chi connectivity index (χ1n) is 6.63. The second kappa shape index (κ2) is 5.52. The van der Waals surface area contributed by atoms with Crippen LogP contribution in [0.5, 0.6) is 0 Å². The van der Waals surface area contributed by atoms with E-state index >= 15 is 0 Å². The summed E-state index contributed by atoms with van der Waals surface area (Å²) in [6.07, 6.45) is 3.66. The maximum atomic E-state index is 5.57. The lowest BCUT2D eigenvalue weighted by Crippen LogP contribution is -2.25. The first-order chi connectivity index (χ1) is 9.02. The van der Waals surface area contributed by atoms with E-state index in [1.165, 1.54) is 6.33 Å². The molecule has 0 aliphatic heterocycles. The lowest BCUT2D eigenvalue weighted by atomic mass is 9.88. The van der Waals surface area contributed by atoms with Gasteiger partial charge in [-0.25, -0.2) is 4.98 Å². The van der Waals surface area contributed by atoms with Crippen molar-refractivity contribution in [3.05, 3.63) is 18.1 Å². The predicted octanol–water partition coefficient (Wildman–Crippen LogP) is 1.61. The second-order valence-corrected chi connectivity index (χ2v) is 5.66. The highest BCUT2D eigenvalue weighted by Gasteiger charge is 2.17. The van der Waals surface area contributed by atoms with Crippen LogP contribution in [0.2, 0.25) is 0 Å². The van der Waals surface area contributed by atoms with E-state index < -0.39 is 0 Å². The molecule has 0 aliphatic rings. The summed E-state index contributed by atoms with van der Waals surface area (Å²) < 4.78 is 1.73. The number of aromatic nitrogens is 4. The van der Waals surface area contributed by atoms with E-state index in [1.54, 1.807) is 4.52 Å². The molecule has 0 saturated carbocycles. The van der Waals surface area contributed by atoms with Gasteiger partial charge in [-0.2, -0.15) is 14.6 Å². The molecule has 0 radical (unpaired) electrons. The van der Waals surface area contributed by atoms with E-state index in [-0.39, 0.29) is 5.41 Å². The Kier molecular flexibility index (Phi) is 3.99. The number of nitrogens with zero attached hydrogens (tertiary/aromatic N) is 4. The van der Waals surface area contributed by atoms with Crippen LogP contribution >= 0.6 is 0 Å². The molecule has 2 heterocycles. The van der Waals surface area contributed by atoms with Crippen molar-refractivity contribution in [3.8, 4) is 0 Å². The van der Waals surface area contributed by atoms with Crippen molar-refractivity contribution in [3.63, 3.8) is 0 Å². The quantitative estimate of drug-likeness (QED) is 0.826. The van der Waals surface area contributed by atoms with E-state index in [0.717, 1.165) is 37.4 Å². The second-order valence-electron chi connectivity index (χ2n) is 5.66. The van der Waals surface area contributed by atoms with Gasteiger partial charge in [0.15, 0.2) is 0 Å². The van der Waals surface area contributed by atoms with Gasteiger partial charge in [0.05, 0.1) is 0 Å². The van der Waals surface area contributed by atoms with E-state index in [1.807, 2.05) is 13.0 Å². The van der Waals surface area contributed by atoms with Crippen molar-refractivity contribution in [2.75, 3.05) is 18.4 Å². The average Bonchev–Trinajstić information content (AvgIpc) is 2.81. The highest BCUT2D eigenvalue weighted by molar-refractivity contribution is 5.44. The summed E-state index contributed by atoms with van der Waals surface area (Å²) in [4.78, 5) is 8.44. The summed E-state index contributed by atoms with van der Waals surface area (Å²) in [6, 6.07) is 1.99. The highest BCUT2D eigenvalue weighted by atomic mass is 15.3. The first-order valence-corrected chi connectivity index (χ1v) is 6.63. The minimum atomic E-state index is 0.198. The van der Waals surface area contributed by atoms with Gasteiger partial charge in [-0.3, -0.25) is 0 Å². The van der Waals surface area contributed by atoms with Crippen LogP contribution in [0.1, 0.15) is 32.4 Å². The molecule has 0 aliphatic carbocycles. The Bertz CT molecular complexity index is 545. The fourth-order valence-electron chi connectivity index (χ4n) is 2.06. The van der Waals surface area contributed by atoms with Gasteiger partial charge in [0.1, 0.15) is 12.1 Å². The van der Waals surface area contributed by atoms with Crippen LogP contribution in [0.25, 0.3) is 5.78 Å². The fraction of sp³-hybridized carbons (Fsp3) is 0.615. The van der Waals surface area contributed by atoms with Crippen molar-refractivity contribution in [1.82, 2.24) is 19.6 Å². The Hall–Kier alpha value is -1.69. The third-order valence-corrected chi connectivity index (χ3v) is 3.19. The van der Waals surface area contributed by atoms with Gasteiger partial charge in [-0.05, 0) is 31.7 Å². The molecule has 2 aromatic rings. The number of anilines is 1. The SMILES string of the molecule is Cc1cc(NCC(C)(C)CCCN)n2ncnc2n1. The number of nitrogens with one attached hydrogen (secondary N) is 1. The molecule has 0 amide bonds. The zero-order chi connectivity index (χ0) is 13.9.